The number of piperazine rings is 1. The lowest BCUT2D eigenvalue weighted by atomic mass is 10.0. The average molecular weight is 381 g/mol. The second-order valence-electron chi connectivity index (χ2n) is 7.80. The normalized spacial score (nSPS) is 16.1. The molecule has 5 heteroatoms. The third-order valence-corrected chi connectivity index (χ3v) is 5.56. The van der Waals surface area contributed by atoms with E-state index in [0.29, 0.717) is 19.0 Å². The maximum Gasteiger partial charge on any atom is 0.282 e. The van der Waals surface area contributed by atoms with Crippen LogP contribution in [-0.2, 0) is 4.79 Å². The van der Waals surface area contributed by atoms with E-state index in [9.17, 15) is 9.59 Å². The van der Waals surface area contributed by atoms with E-state index in [1.807, 2.05) is 54.3 Å². The van der Waals surface area contributed by atoms with Crippen LogP contribution < -0.4 is 10.2 Å². The summed E-state index contributed by atoms with van der Waals surface area (Å²) in [6.07, 6.45) is 0. The summed E-state index contributed by atoms with van der Waals surface area (Å²) in [7, 11) is 0. The van der Waals surface area contributed by atoms with Crippen LogP contribution in [0.5, 0.6) is 0 Å². The molecule has 2 N–H and O–H groups in total. The predicted molar refractivity (Wildman–Crippen MR) is 112 cm³/mol. The van der Waals surface area contributed by atoms with Crippen LogP contribution in [0.3, 0.4) is 0 Å². The Kier molecular flexibility index (Phi) is 6.47. The molecule has 2 aromatic carbocycles. The number of hydrogen-bond donors (Lipinski definition) is 2. The van der Waals surface area contributed by atoms with Gasteiger partial charge in [0.05, 0.1) is 26.2 Å². The molecule has 1 fully saturated rings. The molecule has 148 valence electrons. The number of nitrogens with zero attached hydrogens (tertiary/aromatic N) is 1. The van der Waals surface area contributed by atoms with Gasteiger partial charge in [-0.2, -0.15) is 0 Å². The van der Waals surface area contributed by atoms with Crippen LogP contribution in [0.15, 0.2) is 54.6 Å². The van der Waals surface area contributed by atoms with Crippen LogP contribution in [0.4, 0.5) is 5.69 Å². The number of anilines is 1. The van der Waals surface area contributed by atoms with Crippen LogP contribution in [0.25, 0.3) is 0 Å². The summed E-state index contributed by atoms with van der Waals surface area (Å²) < 4.78 is 0. The lowest BCUT2D eigenvalue weighted by Crippen LogP contribution is -3.19. The number of carbonyl (C=O) groups excluding carboxylic acids is 2. The number of amides is 2. The fourth-order valence-electron chi connectivity index (χ4n) is 3.58. The van der Waals surface area contributed by atoms with Gasteiger partial charge in [0, 0.05) is 11.3 Å². The Labute approximate surface area is 167 Å². The summed E-state index contributed by atoms with van der Waals surface area (Å²) in [5.74, 6) is 0.570. The summed E-state index contributed by atoms with van der Waals surface area (Å²) >= 11 is 0. The molecular weight excluding hydrogens is 350 g/mol. The van der Waals surface area contributed by atoms with E-state index < -0.39 is 0 Å². The Morgan fingerprint density at radius 3 is 2.11 bits per heavy atom. The van der Waals surface area contributed by atoms with Crippen molar-refractivity contribution in [1.82, 2.24) is 4.90 Å². The smallest absolute Gasteiger partial charge is 0.282 e. The highest BCUT2D eigenvalue weighted by atomic mass is 16.2. The van der Waals surface area contributed by atoms with E-state index in [2.05, 4.69) is 31.3 Å². The molecule has 0 spiro atoms. The molecule has 1 aliphatic rings. The number of rotatable bonds is 5. The highest BCUT2D eigenvalue weighted by molar-refractivity contribution is 5.94. The Hall–Kier alpha value is -2.66. The first-order valence-corrected chi connectivity index (χ1v) is 10.1. The molecule has 2 aromatic rings. The summed E-state index contributed by atoms with van der Waals surface area (Å²) in [4.78, 5) is 28.3. The first-order valence-electron chi connectivity index (χ1n) is 10.1. The van der Waals surface area contributed by atoms with Gasteiger partial charge in [-0.25, -0.2) is 0 Å². The molecule has 2 amide bonds. The second-order valence-corrected chi connectivity index (χ2v) is 7.80. The largest absolute Gasteiger partial charge is 0.327 e. The SMILES string of the molecule is CC(C)c1ccc(NC(=O)[C@@H](C)[NH+]2CCN(C(=O)c3ccccc3)CC2)cc1. The molecule has 1 aliphatic heterocycles. The van der Waals surface area contributed by atoms with Crippen molar-refractivity contribution in [2.45, 2.75) is 32.7 Å². The average Bonchev–Trinajstić information content (AvgIpc) is 2.73. The number of nitrogens with one attached hydrogen (secondary N) is 2. The fraction of sp³-hybridized carbons (Fsp3) is 0.391. The van der Waals surface area contributed by atoms with Gasteiger partial charge in [-0.15, -0.1) is 0 Å². The third kappa shape index (κ3) is 4.78. The standard InChI is InChI=1S/C23H29N3O2/c1-17(2)19-9-11-21(12-10-19)24-22(27)18(3)25-13-15-26(16-14-25)23(28)20-7-5-4-6-8-20/h4-12,17-18H,13-16H2,1-3H3,(H,24,27)/p+1/t18-/m1/s1. The van der Waals surface area contributed by atoms with Crippen LogP contribution in [0.1, 0.15) is 42.6 Å². The highest BCUT2D eigenvalue weighted by Crippen LogP contribution is 2.17. The fourth-order valence-corrected chi connectivity index (χ4v) is 3.58. The first kappa shape index (κ1) is 20.1. The topological polar surface area (TPSA) is 53.9 Å². The Morgan fingerprint density at radius 2 is 1.54 bits per heavy atom. The van der Waals surface area contributed by atoms with Gasteiger partial charge < -0.3 is 15.1 Å². The Balaban J connectivity index is 1.52. The van der Waals surface area contributed by atoms with Crippen LogP contribution in [0, 0.1) is 0 Å². The van der Waals surface area contributed by atoms with Crippen molar-refractivity contribution in [3.8, 4) is 0 Å². The lowest BCUT2D eigenvalue weighted by Gasteiger charge is -2.34. The van der Waals surface area contributed by atoms with E-state index in [1.165, 1.54) is 10.5 Å². The van der Waals surface area contributed by atoms with Gasteiger partial charge in [-0.3, -0.25) is 9.59 Å². The molecule has 3 rings (SSSR count). The third-order valence-electron chi connectivity index (χ3n) is 5.56. The van der Waals surface area contributed by atoms with E-state index in [4.69, 9.17) is 0 Å². The molecule has 0 aromatic heterocycles. The summed E-state index contributed by atoms with van der Waals surface area (Å²) in [5.41, 5.74) is 2.82. The van der Waals surface area contributed by atoms with Gasteiger partial charge in [-0.05, 0) is 42.7 Å². The first-order chi connectivity index (χ1) is 13.5. The molecule has 0 saturated carbocycles. The minimum Gasteiger partial charge on any atom is -0.327 e. The van der Waals surface area contributed by atoms with Crippen molar-refractivity contribution in [1.29, 1.82) is 0 Å². The van der Waals surface area contributed by atoms with Gasteiger partial charge in [0.1, 0.15) is 0 Å². The predicted octanol–water partition coefficient (Wildman–Crippen LogP) is 2.18. The van der Waals surface area contributed by atoms with Crippen molar-refractivity contribution in [2.24, 2.45) is 0 Å². The van der Waals surface area contributed by atoms with E-state index >= 15 is 0 Å². The zero-order valence-electron chi connectivity index (χ0n) is 16.9. The number of benzene rings is 2. The highest BCUT2D eigenvalue weighted by Gasteiger charge is 2.31. The van der Waals surface area contributed by atoms with Crippen LogP contribution in [-0.4, -0.2) is 48.9 Å². The molecule has 0 aliphatic carbocycles. The van der Waals surface area contributed by atoms with Crippen molar-refractivity contribution in [2.75, 3.05) is 31.5 Å². The zero-order valence-corrected chi connectivity index (χ0v) is 16.9. The monoisotopic (exact) mass is 380 g/mol. The molecule has 1 heterocycles. The maximum atomic E-state index is 12.7. The lowest BCUT2D eigenvalue weighted by molar-refractivity contribution is -0.917. The minimum absolute atomic E-state index is 0.0233. The van der Waals surface area contributed by atoms with E-state index in [1.54, 1.807) is 0 Å². The molecule has 5 nitrogen and oxygen atoms in total. The van der Waals surface area contributed by atoms with Gasteiger partial charge in [0.2, 0.25) is 0 Å². The summed E-state index contributed by atoms with van der Waals surface area (Å²) in [6, 6.07) is 17.3. The van der Waals surface area contributed by atoms with Gasteiger partial charge >= 0.3 is 0 Å². The van der Waals surface area contributed by atoms with E-state index in [-0.39, 0.29) is 17.9 Å². The molecule has 0 bridgehead atoms. The molecule has 1 atom stereocenters. The second kappa shape index (κ2) is 9.02. The Bertz CT molecular complexity index is 794. The van der Waals surface area contributed by atoms with Crippen molar-refractivity contribution in [3.05, 3.63) is 65.7 Å². The Morgan fingerprint density at radius 1 is 0.929 bits per heavy atom. The summed E-state index contributed by atoms with van der Waals surface area (Å²) in [5, 5.41) is 3.02. The number of quaternary nitrogens is 1. The van der Waals surface area contributed by atoms with E-state index in [0.717, 1.165) is 24.3 Å². The van der Waals surface area contributed by atoms with Gasteiger partial charge in [-0.1, -0.05) is 44.2 Å². The molecule has 28 heavy (non-hydrogen) atoms. The zero-order chi connectivity index (χ0) is 20.1. The van der Waals surface area contributed by atoms with Gasteiger partial charge in [0.25, 0.3) is 11.8 Å². The molecule has 0 radical (unpaired) electrons. The quantitative estimate of drug-likeness (QED) is 0.835. The van der Waals surface area contributed by atoms with Crippen molar-refractivity contribution in [3.63, 3.8) is 0 Å². The molecule has 0 unspecified atom stereocenters. The summed E-state index contributed by atoms with van der Waals surface area (Å²) in [6.45, 7) is 9.16. The van der Waals surface area contributed by atoms with Crippen molar-refractivity contribution >= 4 is 17.5 Å². The minimum atomic E-state index is -0.154. The van der Waals surface area contributed by atoms with Crippen LogP contribution in [0.2, 0.25) is 0 Å². The molecular formula is C23H30N3O2+. The van der Waals surface area contributed by atoms with Crippen molar-refractivity contribution < 1.29 is 14.5 Å². The van der Waals surface area contributed by atoms with Gasteiger partial charge in [0.15, 0.2) is 6.04 Å². The molecule has 1 saturated heterocycles. The maximum absolute atomic E-state index is 12.7. The number of hydrogen-bond acceptors (Lipinski definition) is 2. The number of carbonyl (C=O) groups is 2. The van der Waals surface area contributed by atoms with Crippen LogP contribution >= 0.6 is 0 Å².